The molecule has 0 saturated carbocycles. The van der Waals surface area contributed by atoms with Gasteiger partial charge in [-0.1, -0.05) is 35.6 Å². The Kier molecular flexibility index (Phi) is 5.82. The number of benzene rings is 1. The number of nitrogens with one attached hydrogen (secondary N) is 1. The van der Waals surface area contributed by atoms with Crippen LogP contribution in [0.2, 0.25) is 5.02 Å². The van der Waals surface area contributed by atoms with E-state index in [0.29, 0.717) is 16.4 Å². The molecule has 0 fully saturated rings. The van der Waals surface area contributed by atoms with E-state index in [-0.39, 0.29) is 12.5 Å². The van der Waals surface area contributed by atoms with Gasteiger partial charge in [0.1, 0.15) is 6.61 Å². The van der Waals surface area contributed by atoms with E-state index >= 15 is 0 Å². The number of carbonyl (C=O) groups excluding carboxylic acids is 1. The molecule has 2 N–H and O–H groups in total. The van der Waals surface area contributed by atoms with Crippen molar-refractivity contribution < 1.29 is 9.90 Å². The first kappa shape index (κ1) is 15.6. The van der Waals surface area contributed by atoms with E-state index in [9.17, 15) is 4.79 Å². The molecule has 21 heavy (non-hydrogen) atoms. The molecule has 5 heteroatoms. The fourth-order valence-corrected chi connectivity index (χ4v) is 2.64. The Morgan fingerprint density at radius 2 is 2.00 bits per heavy atom. The lowest BCUT2D eigenvalue weighted by atomic mass is 10.1. The molecule has 0 bridgehead atoms. The lowest BCUT2D eigenvalue weighted by Gasteiger charge is -2.04. The number of amides is 1. The van der Waals surface area contributed by atoms with Crippen LogP contribution in [0.5, 0.6) is 0 Å². The number of halogens is 1. The minimum atomic E-state index is -0.180. The summed E-state index contributed by atoms with van der Waals surface area (Å²) in [6.45, 7) is 0.385. The van der Waals surface area contributed by atoms with Gasteiger partial charge >= 0.3 is 0 Å². The van der Waals surface area contributed by atoms with Crippen LogP contribution in [0.25, 0.3) is 0 Å². The molecular weight excluding hydrogens is 306 g/mol. The zero-order chi connectivity index (χ0) is 15.1. The quantitative estimate of drug-likeness (QED) is 0.851. The molecule has 0 atom stereocenters. The Bertz CT molecular complexity index is 668. The third-order valence-corrected chi connectivity index (χ3v) is 3.98. The number of aliphatic hydroxyl groups is 1. The molecule has 0 spiro atoms. The van der Waals surface area contributed by atoms with Crippen molar-refractivity contribution in [2.45, 2.75) is 6.42 Å². The van der Waals surface area contributed by atoms with Crippen molar-refractivity contribution in [1.29, 1.82) is 0 Å². The minimum absolute atomic E-state index is 0.106. The second kappa shape index (κ2) is 7.84. The molecule has 1 amide bonds. The monoisotopic (exact) mass is 319 g/mol. The molecular formula is C16H14ClNO2S. The van der Waals surface area contributed by atoms with Crippen LogP contribution in [-0.2, 0) is 6.42 Å². The van der Waals surface area contributed by atoms with Gasteiger partial charge in [0.25, 0.3) is 5.91 Å². The number of aliphatic hydroxyl groups excluding tert-OH is 1. The SMILES string of the molecule is O=C(NCCc1ccc(Cl)cc1)c1ccc(C#CCO)s1. The fraction of sp³-hybridized carbons (Fsp3) is 0.188. The Morgan fingerprint density at radius 3 is 2.71 bits per heavy atom. The number of carbonyl (C=O) groups is 1. The molecule has 0 radical (unpaired) electrons. The predicted octanol–water partition coefficient (Wildman–Crippen LogP) is 2.72. The number of rotatable bonds is 4. The van der Waals surface area contributed by atoms with Crippen LogP contribution in [0, 0.1) is 11.8 Å². The standard InChI is InChI=1S/C16H14ClNO2S/c17-13-5-3-12(4-6-13)9-10-18-16(20)15-8-7-14(21-15)2-1-11-19/h3-8,19H,9-11H2,(H,18,20). The van der Waals surface area contributed by atoms with Crippen molar-refractivity contribution in [3.05, 3.63) is 56.7 Å². The molecule has 0 saturated heterocycles. The summed E-state index contributed by atoms with van der Waals surface area (Å²) in [7, 11) is 0. The predicted molar refractivity (Wildman–Crippen MR) is 85.8 cm³/mol. The van der Waals surface area contributed by atoms with Crippen molar-refractivity contribution in [3.8, 4) is 11.8 Å². The Morgan fingerprint density at radius 1 is 1.24 bits per heavy atom. The van der Waals surface area contributed by atoms with Crippen molar-refractivity contribution in [1.82, 2.24) is 5.32 Å². The highest BCUT2D eigenvalue weighted by Gasteiger charge is 2.07. The average molecular weight is 320 g/mol. The summed E-state index contributed by atoms with van der Waals surface area (Å²) in [5.74, 6) is 5.24. The molecule has 2 rings (SSSR count). The molecule has 1 heterocycles. The largest absolute Gasteiger partial charge is 0.384 e. The van der Waals surface area contributed by atoms with E-state index in [0.717, 1.165) is 16.9 Å². The van der Waals surface area contributed by atoms with Gasteiger partial charge in [0.15, 0.2) is 0 Å². The number of hydrogen-bond acceptors (Lipinski definition) is 3. The minimum Gasteiger partial charge on any atom is -0.384 e. The Balaban J connectivity index is 1.84. The third kappa shape index (κ3) is 4.91. The van der Waals surface area contributed by atoms with Crippen LogP contribution >= 0.6 is 22.9 Å². The van der Waals surface area contributed by atoms with Gasteiger partial charge < -0.3 is 10.4 Å². The molecule has 1 aromatic carbocycles. The molecule has 108 valence electrons. The van der Waals surface area contributed by atoms with Crippen molar-refractivity contribution in [2.75, 3.05) is 13.2 Å². The van der Waals surface area contributed by atoms with Crippen LogP contribution in [-0.4, -0.2) is 24.2 Å². The zero-order valence-electron chi connectivity index (χ0n) is 11.2. The van der Waals surface area contributed by atoms with Crippen LogP contribution in [0.4, 0.5) is 0 Å². The highest BCUT2D eigenvalue weighted by molar-refractivity contribution is 7.14. The Labute approximate surface area is 132 Å². The van der Waals surface area contributed by atoms with Gasteiger partial charge in [-0.25, -0.2) is 0 Å². The van der Waals surface area contributed by atoms with Gasteiger partial charge in [-0.2, -0.15) is 0 Å². The zero-order valence-corrected chi connectivity index (χ0v) is 12.8. The summed E-state index contributed by atoms with van der Waals surface area (Å²) in [4.78, 5) is 13.3. The van der Waals surface area contributed by atoms with Gasteiger partial charge in [-0.3, -0.25) is 4.79 Å². The first-order valence-electron chi connectivity index (χ1n) is 6.41. The van der Waals surface area contributed by atoms with Crippen molar-refractivity contribution >= 4 is 28.8 Å². The molecule has 0 unspecified atom stereocenters. The van der Waals surface area contributed by atoms with Crippen LogP contribution in [0.3, 0.4) is 0 Å². The highest BCUT2D eigenvalue weighted by Crippen LogP contribution is 2.15. The van der Waals surface area contributed by atoms with Gasteiger partial charge in [-0.05, 0) is 36.2 Å². The first-order chi connectivity index (χ1) is 10.2. The van der Waals surface area contributed by atoms with Crippen LogP contribution in [0.1, 0.15) is 20.1 Å². The second-order valence-corrected chi connectivity index (χ2v) is 5.78. The van der Waals surface area contributed by atoms with E-state index in [2.05, 4.69) is 17.2 Å². The molecule has 2 aromatic rings. The summed E-state index contributed by atoms with van der Waals surface area (Å²) in [6.07, 6.45) is 0.755. The van der Waals surface area contributed by atoms with E-state index < -0.39 is 0 Å². The number of thiophene rings is 1. The maximum absolute atomic E-state index is 12.0. The second-order valence-electron chi connectivity index (χ2n) is 4.26. The maximum atomic E-state index is 12.0. The average Bonchev–Trinajstić information content (AvgIpc) is 2.96. The molecule has 0 aliphatic rings. The smallest absolute Gasteiger partial charge is 0.261 e. The van der Waals surface area contributed by atoms with E-state index in [1.54, 1.807) is 12.1 Å². The van der Waals surface area contributed by atoms with Crippen LogP contribution < -0.4 is 5.32 Å². The molecule has 3 nitrogen and oxygen atoms in total. The fourth-order valence-electron chi connectivity index (χ4n) is 1.71. The van der Waals surface area contributed by atoms with Crippen molar-refractivity contribution in [2.24, 2.45) is 0 Å². The normalized spacial score (nSPS) is 9.81. The first-order valence-corrected chi connectivity index (χ1v) is 7.60. The number of hydrogen-bond donors (Lipinski definition) is 2. The molecule has 0 aliphatic heterocycles. The summed E-state index contributed by atoms with van der Waals surface area (Å²) >= 11 is 7.13. The summed E-state index contributed by atoms with van der Waals surface area (Å²) in [5, 5.41) is 12.2. The maximum Gasteiger partial charge on any atom is 0.261 e. The lowest BCUT2D eigenvalue weighted by Crippen LogP contribution is -2.24. The van der Waals surface area contributed by atoms with Crippen molar-refractivity contribution in [3.63, 3.8) is 0 Å². The summed E-state index contributed by atoms with van der Waals surface area (Å²) < 4.78 is 0. The van der Waals surface area contributed by atoms with Gasteiger partial charge in [0, 0.05) is 11.6 Å². The van der Waals surface area contributed by atoms with E-state index in [1.165, 1.54) is 11.3 Å². The van der Waals surface area contributed by atoms with Gasteiger partial charge in [0.05, 0.1) is 9.75 Å². The molecule has 0 aliphatic carbocycles. The third-order valence-electron chi connectivity index (χ3n) is 2.73. The summed E-state index contributed by atoms with van der Waals surface area (Å²) in [5.41, 5.74) is 1.13. The van der Waals surface area contributed by atoms with E-state index in [1.807, 2.05) is 24.3 Å². The van der Waals surface area contributed by atoms with Crippen LogP contribution in [0.15, 0.2) is 36.4 Å². The molecule has 1 aromatic heterocycles. The van der Waals surface area contributed by atoms with Gasteiger partial charge in [0.2, 0.25) is 0 Å². The lowest BCUT2D eigenvalue weighted by molar-refractivity contribution is 0.0958. The highest BCUT2D eigenvalue weighted by atomic mass is 35.5. The topological polar surface area (TPSA) is 49.3 Å². The Hall–Kier alpha value is -1.80. The van der Waals surface area contributed by atoms with Gasteiger partial charge in [-0.15, -0.1) is 11.3 Å². The summed E-state index contributed by atoms with van der Waals surface area (Å²) in [6, 6.07) is 11.1. The van der Waals surface area contributed by atoms with E-state index in [4.69, 9.17) is 16.7 Å².